The summed E-state index contributed by atoms with van der Waals surface area (Å²) in [5.74, 6) is 1.12. The van der Waals surface area contributed by atoms with Gasteiger partial charge in [0.1, 0.15) is 0 Å². The molecule has 0 aliphatic carbocycles. The Morgan fingerprint density at radius 3 is 2.56 bits per heavy atom. The normalized spacial score (nSPS) is 12.8. The van der Waals surface area contributed by atoms with Crippen molar-refractivity contribution in [3.05, 3.63) is 0 Å². The number of carbonyl (C=O) groups is 1. The van der Waals surface area contributed by atoms with Crippen LogP contribution in [0.2, 0.25) is 0 Å². The van der Waals surface area contributed by atoms with Gasteiger partial charge in [-0.25, -0.2) is 0 Å². The van der Waals surface area contributed by atoms with Crippen LogP contribution in [0.3, 0.4) is 0 Å². The van der Waals surface area contributed by atoms with Crippen molar-refractivity contribution in [2.75, 3.05) is 19.1 Å². The number of amides is 1. The first kappa shape index (κ1) is 15.7. The summed E-state index contributed by atoms with van der Waals surface area (Å²) in [4.78, 5) is 11.6. The van der Waals surface area contributed by atoms with Gasteiger partial charge in [0.05, 0.1) is 12.6 Å². The molecule has 0 saturated carbocycles. The molecule has 0 radical (unpaired) electrons. The zero-order chi connectivity index (χ0) is 12.4. The van der Waals surface area contributed by atoms with Crippen molar-refractivity contribution in [3.63, 3.8) is 0 Å². The summed E-state index contributed by atoms with van der Waals surface area (Å²) in [5.41, 5.74) is 0. The van der Waals surface area contributed by atoms with E-state index < -0.39 is 0 Å². The zero-order valence-electron chi connectivity index (χ0n) is 10.6. The molecule has 3 nitrogen and oxygen atoms in total. The van der Waals surface area contributed by atoms with Crippen LogP contribution in [-0.2, 0) is 9.53 Å². The summed E-state index contributed by atoms with van der Waals surface area (Å²) in [6, 6.07) is 0.114. The van der Waals surface area contributed by atoms with Gasteiger partial charge in [0, 0.05) is 18.9 Å². The molecule has 1 amide bonds. The molecule has 0 bridgehead atoms. The number of hydrogen-bond acceptors (Lipinski definition) is 2. The average molecular weight is 250 g/mol. The van der Waals surface area contributed by atoms with E-state index in [1.165, 1.54) is 0 Å². The monoisotopic (exact) mass is 249 g/mol. The van der Waals surface area contributed by atoms with Crippen LogP contribution in [-0.4, -0.2) is 31.0 Å². The van der Waals surface area contributed by atoms with E-state index in [1.54, 1.807) is 0 Å². The summed E-state index contributed by atoms with van der Waals surface area (Å²) in [5, 5.41) is 3.00. The number of rotatable bonds is 9. The minimum Gasteiger partial charge on any atom is -0.380 e. The fourth-order valence-corrected chi connectivity index (χ4v) is 1.49. The molecular formula is C12H24ClNO2. The molecular weight excluding hydrogens is 226 g/mol. The number of ether oxygens (including phenoxy) is 1. The minimum atomic E-state index is 0.100. The van der Waals surface area contributed by atoms with Crippen LogP contribution < -0.4 is 5.32 Å². The van der Waals surface area contributed by atoms with Crippen LogP contribution in [0.4, 0.5) is 0 Å². The first-order valence-electron chi connectivity index (χ1n) is 6.04. The van der Waals surface area contributed by atoms with Gasteiger partial charge in [-0.2, -0.15) is 0 Å². The van der Waals surface area contributed by atoms with Crippen molar-refractivity contribution in [2.24, 2.45) is 5.92 Å². The molecule has 0 aromatic heterocycles. The topological polar surface area (TPSA) is 38.3 Å². The largest absolute Gasteiger partial charge is 0.380 e. The highest BCUT2D eigenvalue weighted by Crippen LogP contribution is 2.04. The second-order valence-corrected chi connectivity index (χ2v) is 4.60. The van der Waals surface area contributed by atoms with Crippen molar-refractivity contribution in [1.82, 2.24) is 5.32 Å². The van der Waals surface area contributed by atoms with Crippen molar-refractivity contribution in [2.45, 2.75) is 46.1 Å². The molecule has 0 saturated heterocycles. The second kappa shape index (κ2) is 9.91. The van der Waals surface area contributed by atoms with Crippen molar-refractivity contribution in [1.29, 1.82) is 0 Å². The number of hydrogen-bond donors (Lipinski definition) is 1. The standard InChI is InChI=1S/C12H24ClNO2/c1-4-16-9-11(10(2)3)14-12(15)7-5-6-8-13/h10-11H,4-9H2,1-3H3,(H,14,15). The van der Waals surface area contributed by atoms with Gasteiger partial charge in [-0.1, -0.05) is 13.8 Å². The lowest BCUT2D eigenvalue weighted by Crippen LogP contribution is -2.41. The number of alkyl halides is 1. The van der Waals surface area contributed by atoms with Crippen molar-refractivity contribution >= 4 is 17.5 Å². The van der Waals surface area contributed by atoms with Crippen molar-refractivity contribution in [3.8, 4) is 0 Å². The lowest BCUT2D eigenvalue weighted by molar-refractivity contribution is -0.122. The molecule has 1 N–H and O–H groups in total. The van der Waals surface area contributed by atoms with Gasteiger partial charge in [-0.15, -0.1) is 11.6 Å². The van der Waals surface area contributed by atoms with Gasteiger partial charge < -0.3 is 10.1 Å². The zero-order valence-corrected chi connectivity index (χ0v) is 11.3. The Morgan fingerprint density at radius 2 is 2.06 bits per heavy atom. The Morgan fingerprint density at radius 1 is 1.38 bits per heavy atom. The van der Waals surface area contributed by atoms with Gasteiger partial charge in [0.15, 0.2) is 0 Å². The summed E-state index contributed by atoms with van der Waals surface area (Å²) in [6.45, 7) is 7.41. The summed E-state index contributed by atoms with van der Waals surface area (Å²) >= 11 is 5.56. The highest BCUT2D eigenvalue weighted by Gasteiger charge is 2.15. The molecule has 16 heavy (non-hydrogen) atoms. The Bertz CT molecular complexity index is 186. The van der Waals surface area contributed by atoms with Crippen molar-refractivity contribution < 1.29 is 9.53 Å². The van der Waals surface area contributed by atoms with E-state index in [-0.39, 0.29) is 11.9 Å². The Kier molecular flexibility index (Phi) is 9.74. The van der Waals surface area contributed by atoms with Crippen LogP contribution in [0.5, 0.6) is 0 Å². The quantitative estimate of drug-likeness (QED) is 0.504. The third kappa shape index (κ3) is 7.94. The first-order chi connectivity index (χ1) is 7.61. The van der Waals surface area contributed by atoms with Gasteiger partial charge in [0.2, 0.25) is 5.91 Å². The average Bonchev–Trinajstić information content (AvgIpc) is 2.24. The van der Waals surface area contributed by atoms with E-state index in [1.807, 2.05) is 6.92 Å². The predicted molar refractivity (Wildman–Crippen MR) is 67.8 cm³/mol. The van der Waals surface area contributed by atoms with E-state index in [9.17, 15) is 4.79 Å². The van der Waals surface area contributed by atoms with Crippen LogP contribution >= 0.6 is 11.6 Å². The molecule has 0 aliphatic rings. The molecule has 0 spiro atoms. The maximum absolute atomic E-state index is 11.6. The molecule has 0 rings (SSSR count). The maximum Gasteiger partial charge on any atom is 0.220 e. The van der Waals surface area contributed by atoms with Crippen LogP contribution in [0.25, 0.3) is 0 Å². The van der Waals surface area contributed by atoms with Gasteiger partial charge >= 0.3 is 0 Å². The van der Waals surface area contributed by atoms with E-state index in [4.69, 9.17) is 16.3 Å². The van der Waals surface area contributed by atoms with Crippen LogP contribution in [0, 0.1) is 5.92 Å². The number of halogens is 1. The van der Waals surface area contributed by atoms with E-state index >= 15 is 0 Å². The number of carbonyl (C=O) groups excluding carboxylic acids is 1. The Hall–Kier alpha value is -0.280. The lowest BCUT2D eigenvalue weighted by atomic mass is 10.1. The third-order valence-corrected chi connectivity index (χ3v) is 2.71. The van der Waals surface area contributed by atoms with Gasteiger partial charge in [0.25, 0.3) is 0 Å². The maximum atomic E-state index is 11.6. The first-order valence-corrected chi connectivity index (χ1v) is 6.58. The van der Waals surface area contributed by atoms with Crippen LogP contribution in [0.15, 0.2) is 0 Å². The predicted octanol–water partition coefficient (Wildman–Crippen LogP) is 2.57. The molecule has 1 atom stereocenters. The highest BCUT2D eigenvalue weighted by atomic mass is 35.5. The molecule has 4 heteroatoms. The summed E-state index contributed by atoms with van der Waals surface area (Å²) < 4.78 is 5.35. The summed E-state index contributed by atoms with van der Waals surface area (Å²) in [6.07, 6.45) is 2.31. The molecule has 96 valence electrons. The molecule has 0 aliphatic heterocycles. The van der Waals surface area contributed by atoms with E-state index in [0.29, 0.717) is 31.4 Å². The van der Waals surface area contributed by atoms with E-state index in [2.05, 4.69) is 19.2 Å². The van der Waals surface area contributed by atoms with Gasteiger partial charge in [-0.05, 0) is 25.7 Å². The molecule has 0 heterocycles. The number of nitrogens with one attached hydrogen (secondary N) is 1. The smallest absolute Gasteiger partial charge is 0.220 e. The van der Waals surface area contributed by atoms with Crippen LogP contribution in [0.1, 0.15) is 40.0 Å². The minimum absolute atomic E-state index is 0.100. The molecule has 0 fully saturated rings. The lowest BCUT2D eigenvalue weighted by Gasteiger charge is -2.22. The second-order valence-electron chi connectivity index (χ2n) is 4.22. The third-order valence-electron chi connectivity index (χ3n) is 2.44. The van der Waals surface area contributed by atoms with Gasteiger partial charge in [-0.3, -0.25) is 4.79 Å². The number of unbranched alkanes of at least 4 members (excludes halogenated alkanes) is 1. The summed E-state index contributed by atoms with van der Waals surface area (Å²) in [7, 11) is 0. The Balaban J connectivity index is 3.83. The Labute approximate surface area is 104 Å². The SMILES string of the molecule is CCOCC(NC(=O)CCCCCl)C(C)C. The van der Waals surface area contributed by atoms with E-state index in [0.717, 1.165) is 12.8 Å². The fourth-order valence-electron chi connectivity index (χ4n) is 1.30. The molecule has 0 aromatic carbocycles. The fraction of sp³-hybridized carbons (Fsp3) is 0.917. The molecule has 0 aromatic rings. The highest BCUT2D eigenvalue weighted by molar-refractivity contribution is 6.17. The molecule has 1 unspecified atom stereocenters.